The molecule has 0 bridgehead atoms. The third-order valence-corrected chi connectivity index (χ3v) is 2.63. The van der Waals surface area contributed by atoms with Crippen molar-refractivity contribution >= 4 is 34.2 Å². The minimum Gasteiger partial charge on any atom is -0.494 e. The van der Waals surface area contributed by atoms with E-state index in [4.69, 9.17) is 16.3 Å². The summed E-state index contributed by atoms with van der Waals surface area (Å²) in [4.78, 5) is 3.71. The molecule has 0 N–H and O–H groups in total. The maximum atomic E-state index is 12.3. The molecule has 1 aromatic heterocycles. The van der Waals surface area contributed by atoms with E-state index >= 15 is 0 Å². The van der Waals surface area contributed by atoms with Crippen LogP contribution >= 0.6 is 34.2 Å². The van der Waals surface area contributed by atoms with E-state index in [2.05, 4.69) is 4.98 Å². The molecule has 0 aliphatic carbocycles. The molecule has 0 saturated heterocycles. The molecule has 0 atom stereocenters. The number of ether oxygens (including phenoxy) is 1. The van der Waals surface area contributed by atoms with E-state index in [1.54, 1.807) is 0 Å². The largest absolute Gasteiger partial charge is 0.494 e. The predicted octanol–water partition coefficient (Wildman–Crippen LogP) is 3.37. The summed E-state index contributed by atoms with van der Waals surface area (Å²) in [5, 5.41) is 0. The highest BCUT2D eigenvalue weighted by atomic mass is 127. The van der Waals surface area contributed by atoms with Crippen LogP contribution in [0, 0.1) is 3.57 Å². The molecule has 2 nitrogen and oxygen atoms in total. The number of aromatic nitrogens is 1. The van der Waals surface area contributed by atoms with Gasteiger partial charge in [-0.2, -0.15) is 0 Å². The average molecular weight is 334 g/mol. The van der Waals surface area contributed by atoms with E-state index < -0.39 is 6.43 Å². The lowest BCUT2D eigenvalue weighted by molar-refractivity contribution is 0.145. The lowest BCUT2D eigenvalue weighted by Crippen LogP contribution is -2.01. The third kappa shape index (κ3) is 2.44. The van der Waals surface area contributed by atoms with Gasteiger partial charge in [0.25, 0.3) is 6.43 Å². The minimum absolute atomic E-state index is 0.0553. The maximum absolute atomic E-state index is 12.3. The smallest absolute Gasteiger partial charge is 0.280 e. The number of halogens is 4. The van der Waals surface area contributed by atoms with E-state index in [1.165, 1.54) is 13.2 Å². The van der Waals surface area contributed by atoms with Crippen molar-refractivity contribution in [1.82, 2.24) is 4.98 Å². The van der Waals surface area contributed by atoms with Gasteiger partial charge < -0.3 is 4.74 Å². The molecule has 0 aliphatic heterocycles. The molecule has 1 aromatic rings. The number of hydrogen-bond acceptors (Lipinski definition) is 2. The predicted molar refractivity (Wildman–Crippen MR) is 58.0 cm³/mol. The zero-order chi connectivity index (χ0) is 10.7. The Morgan fingerprint density at radius 2 is 2.29 bits per heavy atom. The van der Waals surface area contributed by atoms with Crippen LogP contribution in [0.1, 0.15) is 17.8 Å². The quantitative estimate of drug-likeness (QED) is 0.625. The Hall–Kier alpha value is -0.170. The normalized spacial score (nSPS) is 10.7. The highest BCUT2D eigenvalue weighted by molar-refractivity contribution is 14.1. The van der Waals surface area contributed by atoms with Crippen LogP contribution in [0.15, 0.2) is 6.07 Å². The van der Waals surface area contributed by atoms with Gasteiger partial charge in [-0.3, -0.25) is 0 Å². The summed E-state index contributed by atoms with van der Waals surface area (Å²) in [6.07, 6.45) is -2.59. The molecule has 0 aromatic carbocycles. The van der Waals surface area contributed by atoms with Crippen LogP contribution in [0.4, 0.5) is 8.78 Å². The number of rotatable bonds is 3. The molecule has 6 heteroatoms. The van der Waals surface area contributed by atoms with Gasteiger partial charge in [0.2, 0.25) is 0 Å². The maximum Gasteiger partial charge on any atom is 0.280 e. The summed E-state index contributed by atoms with van der Waals surface area (Å²) in [5.74, 6) is 0.518. The second-order valence-corrected chi connectivity index (χ2v) is 3.87. The molecule has 14 heavy (non-hydrogen) atoms. The molecular weight excluding hydrogens is 326 g/mol. The average Bonchev–Trinajstić information content (AvgIpc) is 2.16. The topological polar surface area (TPSA) is 22.1 Å². The van der Waals surface area contributed by atoms with Gasteiger partial charge in [-0.05, 0) is 28.7 Å². The van der Waals surface area contributed by atoms with Crippen LogP contribution < -0.4 is 4.74 Å². The van der Waals surface area contributed by atoms with Crippen LogP contribution in [0.3, 0.4) is 0 Å². The zero-order valence-corrected chi connectivity index (χ0v) is 10.1. The van der Waals surface area contributed by atoms with Gasteiger partial charge in [0.15, 0.2) is 5.75 Å². The molecule has 0 spiro atoms. The van der Waals surface area contributed by atoms with Gasteiger partial charge in [0, 0.05) is 0 Å². The Morgan fingerprint density at radius 1 is 1.64 bits per heavy atom. The van der Waals surface area contributed by atoms with Crippen LogP contribution in [-0.2, 0) is 5.88 Å². The summed E-state index contributed by atoms with van der Waals surface area (Å²) in [5.41, 5.74) is 0.0715. The van der Waals surface area contributed by atoms with Crippen LogP contribution in [0.5, 0.6) is 5.75 Å². The molecular formula is C8H7ClF2INO. The van der Waals surface area contributed by atoms with Crippen molar-refractivity contribution in [3.05, 3.63) is 21.0 Å². The third-order valence-electron chi connectivity index (χ3n) is 1.57. The summed E-state index contributed by atoms with van der Waals surface area (Å²) < 4.78 is 30.3. The van der Waals surface area contributed by atoms with E-state index in [-0.39, 0.29) is 11.6 Å². The van der Waals surface area contributed by atoms with Crippen molar-refractivity contribution in [3.63, 3.8) is 0 Å². The highest BCUT2D eigenvalue weighted by Crippen LogP contribution is 2.29. The summed E-state index contributed by atoms with van der Waals surface area (Å²) in [6.45, 7) is 0. The van der Waals surface area contributed by atoms with Gasteiger partial charge >= 0.3 is 0 Å². The zero-order valence-electron chi connectivity index (χ0n) is 7.23. The van der Waals surface area contributed by atoms with Gasteiger partial charge in [0.05, 0.1) is 22.3 Å². The van der Waals surface area contributed by atoms with Crippen LogP contribution in [0.25, 0.3) is 0 Å². The first-order valence-corrected chi connectivity index (χ1v) is 5.29. The molecule has 0 aliphatic rings. The van der Waals surface area contributed by atoms with Gasteiger partial charge in [0.1, 0.15) is 5.69 Å². The lowest BCUT2D eigenvalue weighted by Gasteiger charge is -2.09. The van der Waals surface area contributed by atoms with E-state index in [9.17, 15) is 8.78 Å². The van der Waals surface area contributed by atoms with Crippen molar-refractivity contribution in [2.45, 2.75) is 12.3 Å². The summed E-state index contributed by atoms with van der Waals surface area (Å²) in [6, 6.07) is 1.29. The van der Waals surface area contributed by atoms with E-state index in [0.29, 0.717) is 15.0 Å². The van der Waals surface area contributed by atoms with E-state index in [0.717, 1.165) is 0 Å². The fraction of sp³-hybridized carbons (Fsp3) is 0.375. The second-order valence-electron chi connectivity index (χ2n) is 2.44. The summed E-state index contributed by atoms with van der Waals surface area (Å²) >= 11 is 7.48. The fourth-order valence-corrected chi connectivity index (χ4v) is 2.02. The molecule has 0 fully saturated rings. The summed E-state index contributed by atoms with van der Waals surface area (Å²) in [7, 11) is 1.46. The number of nitrogens with zero attached hydrogens (tertiary/aromatic N) is 1. The van der Waals surface area contributed by atoms with Gasteiger partial charge in [-0.1, -0.05) is 0 Å². The Kier molecular flexibility index (Phi) is 4.31. The number of alkyl halides is 3. The number of pyridine rings is 1. The molecule has 0 amide bonds. The molecule has 1 rings (SSSR count). The SMILES string of the molecule is COc1c(I)cc(C(F)F)nc1CCl. The van der Waals surface area contributed by atoms with Crippen molar-refractivity contribution < 1.29 is 13.5 Å². The van der Waals surface area contributed by atoms with Crippen molar-refractivity contribution in [2.75, 3.05) is 7.11 Å². The Labute approximate surface area is 98.8 Å². The molecule has 0 radical (unpaired) electrons. The Balaban J connectivity index is 3.24. The highest BCUT2D eigenvalue weighted by Gasteiger charge is 2.16. The van der Waals surface area contributed by atoms with Gasteiger partial charge in [-0.15, -0.1) is 11.6 Å². The monoisotopic (exact) mass is 333 g/mol. The van der Waals surface area contributed by atoms with Crippen molar-refractivity contribution in [2.24, 2.45) is 0 Å². The Morgan fingerprint density at radius 3 is 2.71 bits per heavy atom. The lowest BCUT2D eigenvalue weighted by atomic mass is 10.3. The standard InChI is InChI=1S/C8H7ClF2INO/c1-14-7-4(12)2-5(8(10)11)13-6(7)3-9/h2,8H,3H2,1H3. The second kappa shape index (κ2) is 5.06. The minimum atomic E-state index is -2.59. The first kappa shape index (κ1) is 11.9. The van der Waals surface area contributed by atoms with Crippen molar-refractivity contribution in [3.8, 4) is 5.75 Å². The first-order valence-electron chi connectivity index (χ1n) is 3.67. The van der Waals surface area contributed by atoms with Crippen LogP contribution in [-0.4, -0.2) is 12.1 Å². The molecule has 78 valence electrons. The fourth-order valence-electron chi connectivity index (χ4n) is 0.990. The van der Waals surface area contributed by atoms with Crippen LogP contribution in [0.2, 0.25) is 0 Å². The Bertz CT molecular complexity index is 335. The number of methoxy groups -OCH3 is 1. The molecule has 1 heterocycles. The molecule has 0 saturated carbocycles. The first-order chi connectivity index (χ1) is 6.60. The number of hydrogen-bond donors (Lipinski definition) is 0. The van der Waals surface area contributed by atoms with E-state index in [1.807, 2.05) is 22.6 Å². The molecule has 0 unspecified atom stereocenters. The van der Waals surface area contributed by atoms with Gasteiger partial charge in [-0.25, -0.2) is 13.8 Å². The van der Waals surface area contributed by atoms with Crippen molar-refractivity contribution in [1.29, 1.82) is 0 Å².